The van der Waals surface area contributed by atoms with Gasteiger partial charge in [0.25, 0.3) is 0 Å². The molecule has 2 heterocycles. The van der Waals surface area contributed by atoms with E-state index in [1.165, 1.54) is 6.42 Å². The normalized spacial score (nSPS) is 22.0. The van der Waals surface area contributed by atoms with Crippen molar-refractivity contribution in [3.63, 3.8) is 0 Å². The Labute approximate surface area is 163 Å². The SMILES string of the molecule is COCCn1c(CN(C)C2CCOC2)cnc1S(=O)(=O)CC1CCCCC1. The van der Waals surface area contributed by atoms with Crippen molar-refractivity contribution in [1.29, 1.82) is 0 Å². The van der Waals surface area contributed by atoms with Gasteiger partial charge >= 0.3 is 0 Å². The fourth-order valence-corrected chi connectivity index (χ4v) is 6.04. The van der Waals surface area contributed by atoms with Gasteiger partial charge in [0, 0.05) is 32.8 Å². The maximum atomic E-state index is 13.1. The summed E-state index contributed by atoms with van der Waals surface area (Å²) in [5.74, 6) is 0.473. The molecular formula is C19H33N3O4S. The molecule has 0 amide bonds. The molecule has 3 rings (SSSR count). The summed E-state index contributed by atoms with van der Waals surface area (Å²) in [6.45, 7) is 3.14. The van der Waals surface area contributed by atoms with Crippen molar-refractivity contribution in [1.82, 2.24) is 14.5 Å². The minimum Gasteiger partial charge on any atom is -0.383 e. The molecule has 2 fully saturated rings. The Morgan fingerprint density at radius 2 is 2.07 bits per heavy atom. The van der Waals surface area contributed by atoms with E-state index in [2.05, 4.69) is 16.9 Å². The van der Waals surface area contributed by atoms with Gasteiger partial charge in [-0.15, -0.1) is 0 Å². The fraction of sp³-hybridized carbons (Fsp3) is 0.842. The van der Waals surface area contributed by atoms with Crippen molar-refractivity contribution in [3.05, 3.63) is 11.9 Å². The molecule has 0 N–H and O–H groups in total. The first kappa shape index (κ1) is 20.8. The van der Waals surface area contributed by atoms with Crippen LogP contribution in [-0.4, -0.2) is 68.6 Å². The number of imidazole rings is 1. The van der Waals surface area contributed by atoms with E-state index in [1.54, 1.807) is 13.3 Å². The summed E-state index contributed by atoms with van der Waals surface area (Å²) in [5, 5.41) is 0.205. The first-order chi connectivity index (χ1) is 13.0. The molecule has 7 nitrogen and oxygen atoms in total. The summed E-state index contributed by atoms with van der Waals surface area (Å²) in [4.78, 5) is 6.57. The monoisotopic (exact) mass is 399 g/mol. The van der Waals surface area contributed by atoms with E-state index in [4.69, 9.17) is 9.47 Å². The molecule has 1 saturated carbocycles. The lowest BCUT2D eigenvalue weighted by molar-refractivity contribution is 0.153. The minimum atomic E-state index is -3.40. The van der Waals surface area contributed by atoms with Gasteiger partial charge in [0.05, 0.1) is 30.9 Å². The van der Waals surface area contributed by atoms with Gasteiger partial charge in [-0.1, -0.05) is 19.3 Å². The summed E-state index contributed by atoms with van der Waals surface area (Å²) < 4.78 is 38.7. The molecule has 2 aliphatic rings. The summed E-state index contributed by atoms with van der Waals surface area (Å²) in [5.41, 5.74) is 0.920. The van der Waals surface area contributed by atoms with E-state index in [-0.39, 0.29) is 16.8 Å². The third kappa shape index (κ3) is 5.31. The molecule has 1 aliphatic carbocycles. The topological polar surface area (TPSA) is 73.7 Å². The summed E-state index contributed by atoms with van der Waals surface area (Å²) in [6.07, 6.45) is 8.24. The highest BCUT2D eigenvalue weighted by Gasteiger charge is 2.29. The molecule has 1 aromatic rings. The van der Waals surface area contributed by atoms with Crippen molar-refractivity contribution in [2.75, 3.05) is 39.7 Å². The van der Waals surface area contributed by atoms with Crippen molar-refractivity contribution < 1.29 is 17.9 Å². The Kier molecular flexibility index (Phi) is 7.30. The van der Waals surface area contributed by atoms with Gasteiger partial charge in [-0.3, -0.25) is 4.90 Å². The van der Waals surface area contributed by atoms with Crippen LogP contribution in [0.2, 0.25) is 0 Å². The Balaban J connectivity index is 1.77. The van der Waals surface area contributed by atoms with Crippen LogP contribution in [0.4, 0.5) is 0 Å². The molecule has 1 aliphatic heterocycles. The molecule has 1 atom stereocenters. The van der Waals surface area contributed by atoms with Crippen LogP contribution in [0.5, 0.6) is 0 Å². The first-order valence-electron chi connectivity index (χ1n) is 10.1. The molecule has 27 heavy (non-hydrogen) atoms. The van der Waals surface area contributed by atoms with Gasteiger partial charge in [-0.05, 0) is 32.2 Å². The number of nitrogens with zero attached hydrogens (tertiary/aromatic N) is 3. The lowest BCUT2D eigenvalue weighted by Gasteiger charge is -2.24. The third-order valence-electron chi connectivity index (χ3n) is 5.82. The van der Waals surface area contributed by atoms with Gasteiger partial charge in [0.1, 0.15) is 0 Å². The molecule has 1 aromatic heterocycles. The number of hydrogen-bond acceptors (Lipinski definition) is 6. The molecule has 0 radical (unpaired) electrons. The van der Waals surface area contributed by atoms with E-state index in [1.807, 2.05) is 4.57 Å². The van der Waals surface area contributed by atoms with E-state index < -0.39 is 9.84 Å². The Hall–Kier alpha value is -0.960. The molecule has 8 heteroatoms. The van der Waals surface area contributed by atoms with Crippen molar-refractivity contribution >= 4 is 9.84 Å². The van der Waals surface area contributed by atoms with Crippen molar-refractivity contribution in [2.45, 2.75) is 62.8 Å². The largest absolute Gasteiger partial charge is 0.383 e. The van der Waals surface area contributed by atoms with E-state index >= 15 is 0 Å². The maximum Gasteiger partial charge on any atom is 0.227 e. The molecule has 154 valence electrons. The zero-order valence-corrected chi connectivity index (χ0v) is 17.4. The van der Waals surface area contributed by atoms with Crippen LogP contribution >= 0.6 is 0 Å². The number of likely N-dealkylation sites (N-methyl/N-ethyl adjacent to an activating group) is 1. The maximum absolute atomic E-state index is 13.1. The zero-order valence-electron chi connectivity index (χ0n) is 16.6. The van der Waals surface area contributed by atoms with Gasteiger partial charge in [-0.25, -0.2) is 13.4 Å². The Bertz CT molecular complexity index is 692. The standard InChI is InChI=1S/C19H33N3O4S/c1-21(17-8-10-26-14-17)13-18-12-20-19(22(18)9-11-25-2)27(23,24)15-16-6-4-3-5-7-16/h12,16-17H,3-11,13-15H2,1-2H3. The number of methoxy groups -OCH3 is 1. The van der Waals surface area contributed by atoms with Crippen LogP contribution in [0.1, 0.15) is 44.2 Å². The third-order valence-corrected chi connectivity index (χ3v) is 7.61. The van der Waals surface area contributed by atoms with E-state index in [9.17, 15) is 8.42 Å². The highest BCUT2D eigenvalue weighted by Crippen LogP contribution is 2.27. The zero-order chi connectivity index (χ0) is 19.3. The van der Waals surface area contributed by atoms with E-state index in [0.717, 1.165) is 51.0 Å². The van der Waals surface area contributed by atoms with Crippen LogP contribution in [0.25, 0.3) is 0 Å². The lowest BCUT2D eigenvalue weighted by atomic mass is 9.91. The second kappa shape index (κ2) is 9.49. The van der Waals surface area contributed by atoms with Crippen molar-refractivity contribution in [3.8, 4) is 0 Å². The minimum absolute atomic E-state index is 0.205. The summed E-state index contributed by atoms with van der Waals surface area (Å²) >= 11 is 0. The Morgan fingerprint density at radius 1 is 1.30 bits per heavy atom. The second-order valence-electron chi connectivity index (χ2n) is 7.89. The molecule has 1 unspecified atom stereocenters. The quantitative estimate of drug-likeness (QED) is 0.633. The average Bonchev–Trinajstić information content (AvgIpc) is 3.31. The molecule has 0 aromatic carbocycles. The molecule has 1 saturated heterocycles. The van der Waals surface area contributed by atoms with Gasteiger partial charge in [-0.2, -0.15) is 0 Å². The van der Waals surface area contributed by atoms with Crippen molar-refractivity contribution in [2.24, 2.45) is 5.92 Å². The number of aromatic nitrogens is 2. The number of hydrogen-bond donors (Lipinski definition) is 0. The second-order valence-corrected chi connectivity index (χ2v) is 9.82. The first-order valence-corrected chi connectivity index (χ1v) is 11.7. The number of ether oxygens (including phenoxy) is 2. The average molecular weight is 400 g/mol. The molecular weight excluding hydrogens is 366 g/mol. The smallest absolute Gasteiger partial charge is 0.227 e. The number of rotatable bonds is 9. The molecule has 0 bridgehead atoms. The van der Waals surface area contributed by atoms with E-state index in [0.29, 0.717) is 25.7 Å². The van der Waals surface area contributed by atoms with Gasteiger partial charge in [0.15, 0.2) is 0 Å². The summed E-state index contributed by atoms with van der Waals surface area (Å²) in [6, 6.07) is 0.373. The van der Waals surface area contributed by atoms with Crippen LogP contribution in [0, 0.1) is 5.92 Å². The highest BCUT2D eigenvalue weighted by molar-refractivity contribution is 7.91. The van der Waals surface area contributed by atoms with Gasteiger partial charge in [0.2, 0.25) is 15.0 Å². The predicted octanol–water partition coefficient (Wildman–Crippen LogP) is 2.10. The van der Waals surface area contributed by atoms with Crippen LogP contribution < -0.4 is 0 Å². The van der Waals surface area contributed by atoms with Crippen LogP contribution in [-0.2, 0) is 32.4 Å². The number of sulfone groups is 1. The molecule has 0 spiro atoms. The lowest BCUT2D eigenvalue weighted by Crippen LogP contribution is -2.32. The fourth-order valence-electron chi connectivity index (χ4n) is 4.18. The highest BCUT2D eigenvalue weighted by atomic mass is 32.2. The van der Waals surface area contributed by atoms with Crippen LogP contribution in [0.15, 0.2) is 11.4 Å². The Morgan fingerprint density at radius 3 is 2.74 bits per heavy atom. The summed E-state index contributed by atoms with van der Waals surface area (Å²) in [7, 11) is 0.291. The van der Waals surface area contributed by atoms with Crippen LogP contribution in [0.3, 0.4) is 0 Å². The predicted molar refractivity (Wildman–Crippen MR) is 103 cm³/mol. The van der Waals surface area contributed by atoms with Gasteiger partial charge < -0.3 is 14.0 Å².